The molecule has 0 aromatic rings. The number of carbonyl (C=O) groups is 2. The lowest BCUT2D eigenvalue weighted by molar-refractivity contribution is -0.136. The van der Waals surface area contributed by atoms with E-state index in [9.17, 15) is 14.9 Å². The molecule has 1 aliphatic heterocycles. The van der Waals surface area contributed by atoms with Crippen molar-refractivity contribution in [2.24, 2.45) is 5.41 Å². The van der Waals surface area contributed by atoms with E-state index in [2.05, 4.69) is 11.4 Å². The average Bonchev–Trinajstić information content (AvgIpc) is 2.52. The van der Waals surface area contributed by atoms with Crippen molar-refractivity contribution >= 4 is 11.8 Å². The molecule has 5 heteroatoms. The van der Waals surface area contributed by atoms with Crippen molar-refractivity contribution in [3.63, 3.8) is 0 Å². The minimum absolute atomic E-state index is 0.00961. The summed E-state index contributed by atoms with van der Waals surface area (Å²) in [5.41, 5.74) is -0.980. The first-order valence-corrected chi connectivity index (χ1v) is 8.07. The minimum Gasteiger partial charge on any atom is -0.346 e. The number of nitrogens with one attached hydrogen (secondary N) is 1. The first-order valence-electron chi connectivity index (χ1n) is 8.07. The SMILES string of the molecule is CCCC(C#N)(CCC)C(=O)NCC(=O)N1CCCCC1. The fourth-order valence-corrected chi connectivity index (χ4v) is 2.95. The van der Waals surface area contributed by atoms with Crippen LogP contribution in [0, 0.1) is 16.7 Å². The van der Waals surface area contributed by atoms with Gasteiger partial charge in [0.1, 0.15) is 5.41 Å². The summed E-state index contributed by atoms with van der Waals surface area (Å²) < 4.78 is 0. The molecule has 0 aliphatic carbocycles. The minimum atomic E-state index is -0.980. The molecule has 1 fully saturated rings. The molecule has 0 spiro atoms. The van der Waals surface area contributed by atoms with Crippen LogP contribution >= 0.6 is 0 Å². The Morgan fingerprint density at radius 3 is 2.19 bits per heavy atom. The third-order valence-electron chi connectivity index (χ3n) is 4.11. The smallest absolute Gasteiger partial charge is 0.241 e. The Morgan fingerprint density at radius 2 is 1.71 bits per heavy atom. The number of amides is 2. The third kappa shape index (κ3) is 4.73. The molecule has 1 N–H and O–H groups in total. The molecule has 0 unspecified atom stereocenters. The van der Waals surface area contributed by atoms with Gasteiger partial charge in [-0.2, -0.15) is 5.26 Å². The summed E-state index contributed by atoms with van der Waals surface area (Å²) in [6.45, 7) is 5.50. The van der Waals surface area contributed by atoms with Crippen LogP contribution in [0.15, 0.2) is 0 Å². The summed E-state index contributed by atoms with van der Waals surface area (Å²) in [5, 5.41) is 12.1. The van der Waals surface area contributed by atoms with Gasteiger partial charge in [0.15, 0.2) is 0 Å². The van der Waals surface area contributed by atoms with Crippen LogP contribution in [0.2, 0.25) is 0 Å². The molecule has 21 heavy (non-hydrogen) atoms. The zero-order valence-electron chi connectivity index (χ0n) is 13.3. The maximum atomic E-state index is 12.4. The Labute approximate surface area is 127 Å². The summed E-state index contributed by atoms with van der Waals surface area (Å²) in [7, 11) is 0. The van der Waals surface area contributed by atoms with E-state index >= 15 is 0 Å². The van der Waals surface area contributed by atoms with Crippen LogP contribution in [0.25, 0.3) is 0 Å². The van der Waals surface area contributed by atoms with Gasteiger partial charge in [-0.15, -0.1) is 0 Å². The second-order valence-corrected chi connectivity index (χ2v) is 5.82. The predicted molar refractivity (Wildman–Crippen MR) is 81.3 cm³/mol. The van der Waals surface area contributed by atoms with Gasteiger partial charge < -0.3 is 10.2 Å². The first-order chi connectivity index (χ1) is 10.1. The Balaban J connectivity index is 2.56. The second kappa shape index (κ2) is 8.66. The molecule has 0 radical (unpaired) electrons. The van der Waals surface area contributed by atoms with Crippen molar-refractivity contribution < 1.29 is 9.59 Å². The molecule has 2 amide bonds. The van der Waals surface area contributed by atoms with E-state index in [1.165, 1.54) is 6.42 Å². The number of nitriles is 1. The fraction of sp³-hybridized carbons (Fsp3) is 0.812. The van der Waals surface area contributed by atoms with Crippen LogP contribution in [0.3, 0.4) is 0 Å². The van der Waals surface area contributed by atoms with E-state index < -0.39 is 5.41 Å². The topological polar surface area (TPSA) is 73.2 Å². The maximum Gasteiger partial charge on any atom is 0.241 e. The molecule has 0 aromatic heterocycles. The Morgan fingerprint density at radius 1 is 1.14 bits per heavy atom. The quantitative estimate of drug-likeness (QED) is 0.782. The van der Waals surface area contributed by atoms with E-state index in [0.29, 0.717) is 12.8 Å². The lowest BCUT2D eigenvalue weighted by atomic mass is 9.80. The molecule has 1 rings (SSSR count). The number of rotatable bonds is 7. The van der Waals surface area contributed by atoms with Crippen molar-refractivity contribution in [2.45, 2.75) is 58.8 Å². The fourth-order valence-electron chi connectivity index (χ4n) is 2.95. The van der Waals surface area contributed by atoms with Gasteiger partial charge in [0, 0.05) is 13.1 Å². The normalized spacial score (nSPS) is 15.4. The van der Waals surface area contributed by atoms with E-state index in [-0.39, 0.29) is 18.4 Å². The largest absolute Gasteiger partial charge is 0.346 e. The number of piperidine rings is 1. The van der Waals surface area contributed by atoms with Crippen molar-refractivity contribution in [3.8, 4) is 6.07 Å². The summed E-state index contributed by atoms with van der Waals surface area (Å²) in [6.07, 6.45) is 5.88. The summed E-state index contributed by atoms with van der Waals surface area (Å²) in [4.78, 5) is 26.2. The number of hydrogen-bond donors (Lipinski definition) is 1. The van der Waals surface area contributed by atoms with Crippen molar-refractivity contribution in [1.82, 2.24) is 10.2 Å². The third-order valence-corrected chi connectivity index (χ3v) is 4.11. The standard InChI is InChI=1S/C16H27N3O2/c1-3-8-16(13-17,9-4-2)15(21)18-12-14(20)19-10-6-5-7-11-19/h3-12H2,1-2H3,(H,18,21). The van der Waals surface area contributed by atoms with E-state index in [1.807, 2.05) is 13.8 Å². The van der Waals surface area contributed by atoms with Crippen LogP contribution in [0.4, 0.5) is 0 Å². The highest BCUT2D eigenvalue weighted by Crippen LogP contribution is 2.29. The van der Waals surface area contributed by atoms with Gasteiger partial charge in [-0.05, 0) is 32.1 Å². The van der Waals surface area contributed by atoms with Gasteiger partial charge in [-0.25, -0.2) is 0 Å². The van der Waals surface area contributed by atoms with E-state index in [0.717, 1.165) is 38.8 Å². The average molecular weight is 293 g/mol. The van der Waals surface area contributed by atoms with Crippen molar-refractivity contribution in [1.29, 1.82) is 5.26 Å². The lowest BCUT2D eigenvalue weighted by Crippen LogP contribution is -2.46. The van der Waals surface area contributed by atoms with Crippen LogP contribution in [-0.4, -0.2) is 36.3 Å². The molecule has 118 valence electrons. The first kappa shape index (κ1) is 17.5. The van der Waals surface area contributed by atoms with Crippen LogP contribution in [0.1, 0.15) is 58.8 Å². The Bertz CT molecular complexity index is 389. The monoisotopic (exact) mass is 293 g/mol. The van der Waals surface area contributed by atoms with Gasteiger partial charge >= 0.3 is 0 Å². The molecule has 0 aromatic carbocycles. The van der Waals surface area contributed by atoms with Crippen LogP contribution in [0.5, 0.6) is 0 Å². The van der Waals surface area contributed by atoms with Gasteiger partial charge in [0.05, 0.1) is 12.6 Å². The summed E-state index contributed by atoms with van der Waals surface area (Å²) in [6, 6.07) is 2.18. The van der Waals surface area contributed by atoms with Gasteiger partial charge in [0.2, 0.25) is 11.8 Å². The molecule has 1 heterocycles. The molecule has 0 bridgehead atoms. The van der Waals surface area contributed by atoms with E-state index in [1.54, 1.807) is 4.90 Å². The highest BCUT2D eigenvalue weighted by molar-refractivity contribution is 5.89. The molecule has 0 saturated carbocycles. The molecule has 0 atom stereocenters. The maximum absolute atomic E-state index is 12.4. The van der Waals surface area contributed by atoms with Gasteiger partial charge in [0.25, 0.3) is 0 Å². The van der Waals surface area contributed by atoms with Crippen LogP contribution < -0.4 is 5.32 Å². The molecule has 1 saturated heterocycles. The van der Waals surface area contributed by atoms with Crippen molar-refractivity contribution in [3.05, 3.63) is 0 Å². The highest BCUT2D eigenvalue weighted by Gasteiger charge is 2.37. The summed E-state index contributed by atoms with van der Waals surface area (Å²) >= 11 is 0. The number of nitrogens with zero attached hydrogens (tertiary/aromatic N) is 2. The Hall–Kier alpha value is -1.57. The van der Waals surface area contributed by atoms with Crippen molar-refractivity contribution in [2.75, 3.05) is 19.6 Å². The van der Waals surface area contributed by atoms with Gasteiger partial charge in [-0.1, -0.05) is 26.7 Å². The molecule has 1 aliphatic rings. The van der Waals surface area contributed by atoms with Gasteiger partial charge in [-0.3, -0.25) is 9.59 Å². The molecule has 5 nitrogen and oxygen atoms in total. The highest BCUT2D eigenvalue weighted by atomic mass is 16.2. The number of likely N-dealkylation sites (tertiary alicyclic amines) is 1. The zero-order valence-corrected chi connectivity index (χ0v) is 13.3. The Kier molecular flexibility index (Phi) is 7.21. The zero-order chi connectivity index (χ0) is 15.7. The molecular weight excluding hydrogens is 266 g/mol. The summed E-state index contributed by atoms with van der Waals surface area (Å²) in [5.74, 6) is -0.332. The van der Waals surface area contributed by atoms with Crippen LogP contribution in [-0.2, 0) is 9.59 Å². The number of carbonyl (C=O) groups excluding carboxylic acids is 2. The number of hydrogen-bond acceptors (Lipinski definition) is 3. The van der Waals surface area contributed by atoms with E-state index in [4.69, 9.17) is 0 Å². The molecular formula is C16H27N3O2. The second-order valence-electron chi connectivity index (χ2n) is 5.82. The predicted octanol–water partition coefficient (Wildman–Crippen LogP) is 2.23. The lowest BCUT2D eigenvalue weighted by Gasteiger charge is -2.28.